The van der Waals surface area contributed by atoms with Gasteiger partial charge in [0.25, 0.3) is 0 Å². The molecule has 0 saturated carbocycles. The molecule has 1 rings (SSSR count). The lowest BCUT2D eigenvalue weighted by Gasteiger charge is -1.95. The van der Waals surface area contributed by atoms with E-state index in [4.69, 9.17) is 5.73 Å². The Morgan fingerprint density at radius 2 is 2.42 bits per heavy atom. The highest BCUT2D eigenvalue weighted by molar-refractivity contribution is 5.90. The van der Waals surface area contributed by atoms with Gasteiger partial charge in [-0.05, 0) is 30.2 Å². The molecule has 1 heterocycles. The van der Waals surface area contributed by atoms with Crippen molar-refractivity contribution in [1.82, 2.24) is 4.98 Å². The maximum absolute atomic E-state index is 10.4. The van der Waals surface area contributed by atoms with Gasteiger partial charge in [0.1, 0.15) is 0 Å². The summed E-state index contributed by atoms with van der Waals surface area (Å²) < 4.78 is 0. The molecule has 2 N–H and O–H groups in total. The van der Waals surface area contributed by atoms with Crippen LogP contribution in [0.5, 0.6) is 0 Å². The summed E-state index contributed by atoms with van der Waals surface area (Å²) in [6.45, 7) is 1.92. The van der Waals surface area contributed by atoms with E-state index in [2.05, 4.69) is 4.98 Å². The molecular weight excluding hydrogens is 152 g/mol. The molecule has 0 atom stereocenters. The van der Waals surface area contributed by atoms with E-state index in [9.17, 15) is 4.79 Å². The van der Waals surface area contributed by atoms with E-state index in [-0.39, 0.29) is 0 Å². The smallest absolute Gasteiger partial charge is 0.241 e. The number of pyridine rings is 1. The average molecular weight is 162 g/mol. The average Bonchev–Trinajstić information content (AvgIpc) is 2.03. The van der Waals surface area contributed by atoms with Gasteiger partial charge in [0.05, 0.1) is 0 Å². The summed E-state index contributed by atoms with van der Waals surface area (Å²) >= 11 is 0. The van der Waals surface area contributed by atoms with Crippen molar-refractivity contribution in [3.8, 4) is 0 Å². The standard InChI is InChI=1S/C9H10N2O/c1-7-6-11-5-4-8(7)2-3-9(10)12/h2-6H,1H3,(H2,10,12)/b3-2-. The van der Waals surface area contributed by atoms with Crippen LogP contribution in [0.2, 0.25) is 0 Å². The number of carbonyl (C=O) groups excluding carboxylic acids is 1. The van der Waals surface area contributed by atoms with Gasteiger partial charge in [-0.15, -0.1) is 0 Å². The predicted molar refractivity (Wildman–Crippen MR) is 47.2 cm³/mol. The third kappa shape index (κ3) is 2.20. The Morgan fingerprint density at radius 1 is 1.67 bits per heavy atom. The Labute approximate surface area is 70.9 Å². The fraction of sp³-hybridized carbons (Fsp3) is 0.111. The fourth-order valence-electron chi connectivity index (χ4n) is 0.843. The summed E-state index contributed by atoms with van der Waals surface area (Å²) in [4.78, 5) is 14.3. The van der Waals surface area contributed by atoms with Crippen LogP contribution in [-0.2, 0) is 4.79 Å². The number of nitrogens with zero attached hydrogens (tertiary/aromatic N) is 1. The van der Waals surface area contributed by atoms with E-state index < -0.39 is 5.91 Å². The van der Waals surface area contributed by atoms with E-state index in [1.54, 1.807) is 18.5 Å². The lowest BCUT2D eigenvalue weighted by atomic mass is 10.1. The SMILES string of the molecule is Cc1cnccc1/C=C\C(N)=O. The van der Waals surface area contributed by atoms with Crippen molar-refractivity contribution in [3.05, 3.63) is 35.7 Å². The maximum Gasteiger partial charge on any atom is 0.241 e. The van der Waals surface area contributed by atoms with E-state index >= 15 is 0 Å². The van der Waals surface area contributed by atoms with Crippen LogP contribution in [0.1, 0.15) is 11.1 Å². The van der Waals surface area contributed by atoms with Crippen molar-refractivity contribution >= 4 is 12.0 Å². The van der Waals surface area contributed by atoms with Crippen LogP contribution in [-0.4, -0.2) is 10.9 Å². The van der Waals surface area contributed by atoms with Crippen LogP contribution < -0.4 is 5.73 Å². The second-order valence-electron chi connectivity index (χ2n) is 2.47. The zero-order chi connectivity index (χ0) is 8.97. The number of nitrogens with two attached hydrogens (primary N) is 1. The zero-order valence-electron chi connectivity index (χ0n) is 6.82. The van der Waals surface area contributed by atoms with Gasteiger partial charge in [-0.3, -0.25) is 9.78 Å². The minimum absolute atomic E-state index is 0.439. The second kappa shape index (κ2) is 3.67. The summed E-state index contributed by atoms with van der Waals surface area (Å²) in [6.07, 6.45) is 6.43. The topological polar surface area (TPSA) is 56.0 Å². The molecule has 0 fully saturated rings. The number of aromatic nitrogens is 1. The quantitative estimate of drug-likeness (QED) is 0.656. The first-order chi connectivity index (χ1) is 5.70. The van der Waals surface area contributed by atoms with Crippen LogP contribution in [0, 0.1) is 6.92 Å². The molecular formula is C9H10N2O. The lowest BCUT2D eigenvalue weighted by Crippen LogP contribution is -2.05. The molecule has 0 radical (unpaired) electrons. The second-order valence-corrected chi connectivity index (χ2v) is 2.47. The van der Waals surface area contributed by atoms with Crippen LogP contribution in [0.25, 0.3) is 6.08 Å². The number of rotatable bonds is 2. The molecule has 3 heteroatoms. The van der Waals surface area contributed by atoms with Gasteiger partial charge in [0.15, 0.2) is 0 Å². The normalized spacial score (nSPS) is 10.4. The molecule has 0 bridgehead atoms. The molecule has 1 amide bonds. The molecule has 0 spiro atoms. The number of aryl methyl sites for hydroxylation is 1. The first-order valence-electron chi connectivity index (χ1n) is 3.58. The van der Waals surface area contributed by atoms with Crippen molar-refractivity contribution in [2.45, 2.75) is 6.92 Å². The molecule has 0 aliphatic rings. The van der Waals surface area contributed by atoms with Crippen molar-refractivity contribution in [3.63, 3.8) is 0 Å². The van der Waals surface area contributed by atoms with E-state index in [1.807, 2.05) is 13.0 Å². The van der Waals surface area contributed by atoms with Crippen LogP contribution in [0.3, 0.4) is 0 Å². The number of carbonyl (C=O) groups is 1. The monoisotopic (exact) mass is 162 g/mol. The molecule has 0 saturated heterocycles. The summed E-state index contributed by atoms with van der Waals surface area (Å²) in [6, 6.07) is 1.83. The van der Waals surface area contributed by atoms with Gasteiger partial charge >= 0.3 is 0 Å². The molecule has 1 aromatic rings. The Morgan fingerprint density at radius 3 is 3.00 bits per heavy atom. The number of hydrogen-bond donors (Lipinski definition) is 1. The highest BCUT2D eigenvalue weighted by Gasteiger charge is 1.91. The van der Waals surface area contributed by atoms with E-state index in [1.165, 1.54) is 6.08 Å². The highest BCUT2D eigenvalue weighted by Crippen LogP contribution is 2.06. The Hall–Kier alpha value is -1.64. The highest BCUT2D eigenvalue weighted by atomic mass is 16.1. The first-order valence-corrected chi connectivity index (χ1v) is 3.58. The summed E-state index contributed by atoms with van der Waals surface area (Å²) in [5.74, 6) is -0.439. The largest absolute Gasteiger partial charge is 0.366 e. The third-order valence-corrected chi connectivity index (χ3v) is 1.49. The van der Waals surface area contributed by atoms with Gasteiger partial charge in [-0.2, -0.15) is 0 Å². The minimum atomic E-state index is -0.439. The minimum Gasteiger partial charge on any atom is -0.366 e. The Balaban J connectivity index is 2.89. The van der Waals surface area contributed by atoms with Gasteiger partial charge in [-0.25, -0.2) is 0 Å². The lowest BCUT2D eigenvalue weighted by molar-refractivity contribution is -0.113. The van der Waals surface area contributed by atoms with Crippen LogP contribution in [0.4, 0.5) is 0 Å². The molecule has 1 aromatic heterocycles. The molecule has 0 aliphatic carbocycles. The van der Waals surface area contributed by atoms with Crippen LogP contribution >= 0.6 is 0 Å². The first kappa shape index (κ1) is 8.46. The molecule has 62 valence electrons. The molecule has 0 aliphatic heterocycles. The number of amides is 1. The van der Waals surface area contributed by atoms with Crippen molar-refractivity contribution in [1.29, 1.82) is 0 Å². The summed E-state index contributed by atoms with van der Waals surface area (Å²) in [5.41, 5.74) is 6.93. The Kier molecular flexibility index (Phi) is 2.58. The van der Waals surface area contributed by atoms with Crippen molar-refractivity contribution in [2.75, 3.05) is 0 Å². The molecule has 0 aromatic carbocycles. The zero-order valence-corrected chi connectivity index (χ0v) is 6.82. The number of hydrogen-bond acceptors (Lipinski definition) is 2. The van der Waals surface area contributed by atoms with Crippen molar-refractivity contribution in [2.24, 2.45) is 5.73 Å². The summed E-state index contributed by atoms with van der Waals surface area (Å²) in [5, 5.41) is 0. The molecule has 0 unspecified atom stereocenters. The van der Waals surface area contributed by atoms with Gasteiger partial charge < -0.3 is 5.73 Å². The van der Waals surface area contributed by atoms with Crippen molar-refractivity contribution < 1.29 is 4.79 Å². The van der Waals surface area contributed by atoms with E-state index in [0.29, 0.717) is 0 Å². The Bertz CT molecular complexity index is 318. The van der Waals surface area contributed by atoms with Gasteiger partial charge in [0, 0.05) is 18.5 Å². The van der Waals surface area contributed by atoms with E-state index in [0.717, 1.165) is 11.1 Å². The maximum atomic E-state index is 10.4. The van der Waals surface area contributed by atoms with Crippen LogP contribution in [0.15, 0.2) is 24.5 Å². The van der Waals surface area contributed by atoms with Gasteiger partial charge in [-0.1, -0.05) is 0 Å². The fourth-order valence-corrected chi connectivity index (χ4v) is 0.843. The number of primary amides is 1. The van der Waals surface area contributed by atoms with Gasteiger partial charge in [0.2, 0.25) is 5.91 Å². The molecule has 12 heavy (non-hydrogen) atoms. The summed E-state index contributed by atoms with van der Waals surface area (Å²) in [7, 11) is 0. The third-order valence-electron chi connectivity index (χ3n) is 1.49. The predicted octanol–water partition coefficient (Wildman–Crippen LogP) is 0.889. The molecule has 3 nitrogen and oxygen atoms in total.